The van der Waals surface area contributed by atoms with Gasteiger partial charge in [0, 0.05) is 10.0 Å². The second-order valence-electron chi connectivity index (χ2n) is 5.72. The summed E-state index contributed by atoms with van der Waals surface area (Å²) in [5.74, 6) is 0. The van der Waals surface area contributed by atoms with Crippen LogP contribution in [0.5, 0.6) is 0 Å². The normalized spacial score (nSPS) is 12.9. The highest BCUT2D eigenvalue weighted by Crippen LogP contribution is 2.39. The largest absolute Gasteiger partial charge is 0.432 e. The maximum absolute atomic E-state index is 10.2. The Morgan fingerprint density at radius 1 is 1.12 bits per heavy atom. The van der Waals surface area contributed by atoms with Crippen LogP contribution in [0.4, 0.5) is 0 Å². The van der Waals surface area contributed by atoms with Crippen LogP contribution < -0.4 is 0 Å². The zero-order valence-electron chi connectivity index (χ0n) is 10.8. The van der Waals surface area contributed by atoms with Crippen molar-refractivity contribution >= 4 is 31.5 Å². The maximum Gasteiger partial charge on any atom is 0.188 e. The van der Waals surface area contributed by atoms with E-state index in [-0.39, 0.29) is 5.04 Å². The van der Waals surface area contributed by atoms with Crippen molar-refractivity contribution in [1.29, 1.82) is 0 Å². The smallest absolute Gasteiger partial charge is 0.188 e. The molecule has 0 unspecified atom stereocenters. The van der Waals surface area contributed by atoms with Crippen molar-refractivity contribution in [3.8, 4) is 0 Å². The lowest BCUT2D eigenvalue weighted by Crippen LogP contribution is -2.39. The van der Waals surface area contributed by atoms with Crippen molar-refractivity contribution in [1.82, 2.24) is 0 Å². The van der Waals surface area contributed by atoms with Gasteiger partial charge in [-0.1, -0.05) is 37.0 Å². The summed E-state index contributed by atoms with van der Waals surface area (Å²) < 4.78 is 0. The monoisotopic (exact) mass is 290 g/mol. The van der Waals surface area contributed by atoms with Gasteiger partial charge in [-0.05, 0) is 54.7 Å². The molecule has 0 atom stereocenters. The molecular weight excluding hydrogens is 271 g/mol. The number of aryl methyl sites for hydroxylation is 1. The SMILES string of the molecule is CC(C)(CCc1cc(Cl)cc(Cl)c1)[Si](C)(C)O. The second kappa shape index (κ2) is 5.31. The Morgan fingerprint density at radius 2 is 1.59 bits per heavy atom. The highest BCUT2D eigenvalue weighted by Gasteiger charge is 2.37. The summed E-state index contributed by atoms with van der Waals surface area (Å²) in [6.07, 6.45) is 1.84. The lowest BCUT2D eigenvalue weighted by Gasteiger charge is -2.35. The molecule has 1 aromatic carbocycles. The van der Waals surface area contributed by atoms with Gasteiger partial charge in [-0.25, -0.2) is 0 Å². The van der Waals surface area contributed by atoms with Crippen molar-refractivity contribution < 1.29 is 4.80 Å². The Labute approximate surface area is 115 Å². The van der Waals surface area contributed by atoms with Gasteiger partial charge in [-0.15, -0.1) is 0 Å². The highest BCUT2D eigenvalue weighted by molar-refractivity contribution is 6.72. The molecule has 1 aromatic rings. The van der Waals surface area contributed by atoms with Crippen LogP contribution in [0.2, 0.25) is 28.2 Å². The molecular formula is C13H20Cl2OSi. The van der Waals surface area contributed by atoms with E-state index in [4.69, 9.17) is 23.2 Å². The standard InChI is InChI=1S/C13H20Cl2OSi/c1-13(2,17(3,4)16)6-5-10-7-11(14)9-12(15)8-10/h7-9,16H,5-6H2,1-4H3. The van der Waals surface area contributed by atoms with Crippen LogP contribution in [0.25, 0.3) is 0 Å². The summed E-state index contributed by atoms with van der Waals surface area (Å²) in [6.45, 7) is 8.23. The number of halogens is 2. The van der Waals surface area contributed by atoms with E-state index in [0.717, 1.165) is 18.4 Å². The fraction of sp³-hybridized carbons (Fsp3) is 0.538. The van der Waals surface area contributed by atoms with E-state index in [1.807, 2.05) is 25.2 Å². The van der Waals surface area contributed by atoms with Crippen molar-refractivity contribution in [3.05, 3.63) is 33.8 Å². The van der Waals surface area contributed by atoms with Gasteiger partial charge in [0.2, 0.25) is 0 Å². The van der Waals surface area contributed by atoms with E-state index in [1.165, 1.54) is 0 Å². The van der Waals surface area contributed by atoms with E-state index >= 15 is 0 Å². The number of hydrogen-bond donors (Lipinski definition) is 1. The first-order chi connectivity index (χ1) is 7.62. The third-order valence-corrected chi connectivity index (χ3v) is 7.62. The topological polar surface area (TPSA) is 20.2 Å². The summed E-state index contributed by atoms with van der Waals surface area (Å²) in [6, 6.07) is 5.62. The van der Waals surface area contributed by atoms with E-state index in [9.17, 15) is 4.80 Å². The third kappa shape index (κ3) is 4.29. The molecule has 0 aliphatic rings. The van der Waals surface area contributed by atoms with Crippen LogP contribution in [0, 0.1) is 0 Å². The van der Waals surface area contributed by atoms with Crippen molar-refractivity contribution in [2.24, 2.45) is 0 Å². The lowest BCUT2D eigenvalue weighted by atomic mass is 10.0. The van der Waals surface area contributed by atoms with Crippen LogP contribution >= 0.6 is 23.2 Å². The molecule has 0 spiro atoms. The van der Waals surface area contributed by atoms with Crippen molar-refractivity contribution in [2.45, 2.75) is 44.8 Å². The van der Waals surface area contributed by atoms with Crippen LogP contribution in [-0.4, -0.2) is 13.1 Å². The van der Waals surface area contributed by atoms with Crippen molar-refractivity contribution in [3.63, 3.8) is 0 Å². The summed E-state index contributed by atoms with van der Waals surface area (Å²) in [5.41, 5.74) is 1.13. The molecule has 0 heterocycles. The Morgan fingerprint density at radius 3 is 2.00 bits per heavy atom. The zero-order chi connectivity index (χ0) is 13.3. The number of hydrogen-bond acceptors (Lipinski definition) is 1. The molecule has 1 nitrogen and oxygen atoms in total. The molecule has 1 N–H and O–H groups in total. The summed E-state index contributed by atoms with van der Waals surface area (Å²) >= 11 is 11.9. The van der Waals surface area contributed by atoms with Gasteiger partial charge in [0.15, 0.2) is 8.32 Å². The molecule has 0 saturated carbocycles. The fourth-order valence-electron chi connectivity index (χ4n) is 1.52. The summed E-state index contributed by atoms with van der Waals surface area (Å²) in [7, 11) is -2.13. The summed E-state index contributed by atoms with van der Waals surface area (Å²) in [4.78, 5) is 10.2. The first-order valence-electron chi connectivity index (χ1n) is 5.79. The molecule has 17 heavy (non-hydrogen) atoms. The van der Waals surface area contributed by atoms with E-state index in [0.29, 0.717) is 10.0 Å². The molecule has 0 saturated heterocycles. The predicted octanol–water partition coefficient (Wildman–Crippen LogP) is 4.90. The quantitative estimate of drug-likeness (QED) is 0.782. The van der Waals surface area contributed by atoms with Crippen LogP contribution in [-0.2, 0) is 6.42 Å². The molecule has 96 valence electrons. The van der Waals surface area contributed by atoms with Gasteiger partial charge in [0.25, 0.3) is 0 Å². The maximum atomic E-state index is 10.2. The Kier molecular flexibility index (Phi) is 4.70. The summed E-state index contributed by atoms with van der Waals surface area (Å²) in [5, 5.41) is 1.33. The van der Waals surface area contributed by atoms with Gasteiger partial charge in [-0.2, -0.15) is 0 Å². The fourth-order valence-corrected chi connectivity index (χ4v) is 2.83. The van der Waals surface area contributed by atoms with Gasteiger partial charge in [-0.3, -0.25) is 0 Å². The Balaban J connectivity index is 2.74. The molecule has 0 bridgehead atoms. The minimum absolute atomic E-state index is 0.0121. The lowest BCUT2D eigenvalue weighted by molar-refractivity contribution is 0.451. The van der Waals surface area contributed by atoms with Crippen LogP contribution in [0.1, 0.15) is 25.8 Å². The number of benzene rings is 1. The van der Waals surface area contributed by atoms with E-state index in [2.05, 4.69) is 13.8 Å². The Hall–Kier alpha value is -0.0231. The third-order valence-electron chi connectivity index (χ3n) is 3.62. The van der Waals surface area contributed by atoms with Crippen LogP contribution in [0.3, 0.4) is 0 Å². The molecule has 1 rings (SSSR count). The average molecular weight is 291 g/mol. The Bertz CT molecular complexity index is 377. The first kappa shape index (κ1) is 15.0. The van der Waals surface area contributed by atoms with Crippen molar-refractivity contribution in [2.75, 3.05) is 0 Å². The second-order valence-corrected chi connectivity index (χ2v) is 11.1. The number of rotatable bonds is 4. The van der Waals surface area contributed by atoms with E-state index in [1.54, 1.807) is 6.07 Å². The molecule has 0 radical (unpaired) electrons. The van der Waals surface area contributed by atoms with Gasteiger partial charge in [0.05, 0.1) is 0 Å². The van der Waals surface area contributed by atoms with Gasteiger partial charge >= 0.3 is 0 Å². The molecule has 0 aliphatic heterocycles. The zero-order valence-corrected chi connectivity index (χ0v) is 13.4. The van der Waals surface area contributed by atoms with E-state index < -0.39 is 8.32 Å². The predicted molar refractivity (Wildman–Crippen MR) is 78.5 cm³/mol. The minimum Gasteiger partial charge on any atom is -0.432 e. The average Bonchev–Trinajstić information content (AvgIpc) is 2.11. The highest BCUT2D eigenvalue weighted by atomic mass is 35.5. The molecule has 4 heteroatoms. The van der Waals surface area contributed by atoms with Crippen LogP contribution in [0.15, 0.2) is 18.2 Å². The molecule has 0 amide bonds. The molecule has 0 aromatic heterocycles. The first-order valence-corrected chi connectivity index (χ1v) is 9.49. The molecule has 0 fully saturated rings. The van der Waals surface area contributed by atoms with Gasteiger partial charge < -0.3 is 4.80 Å². The van der Waals surface area contributed by atoms with Gasteiger partial charge in [0.1, 0.15) is 0 Å². The molecule has 0 aliphatic carbocycles. The minimum atomic E-state index is -2.13.